The number of β-amino-alcohol motifs (C(OH)–C–C–N with tert-alkyl or cyclic N) is 1. The zero-order chi connectivity index (χ0) is 14.2. The van der Waals surface area contributed by atoms with E-state index in [9.17, 15) is 9.90 Å². The lowest BCUT2D eigenvalue weighted by atomic mass is 10.0. The Morgan fingerprint density at radius 2 is 2.35 bits per heavy atom. The molecule has 108 valence electrons. The maximum absolute atomic E-state index is 12.0. The van der Waals surface area contributed by atoms with Crippen molar-refractivity contribution >= 4 is 11.7 Å². The van der Waals surface area contributed by atoms with Crippen LogP contribution in [-0.2, 0) is 4.79 Å². The van der Waals surface area contributed by atoms with Gasteiger partial charge in [-0.05, 0) is 31.4 Å². The van der Waals surface area contributed by atoms with E-state index < -0.39 is 5.60 Å². The second kappa shape index (κ2) is 5.05. The summed E-state index contributed by atoms with van der Waals surface area (Å²) >= 11 is 0. The van der Waals surface area contributed by atoms with E-state index >= 15 is 0 Å². The molecule has 20 heavy (non-hydrogen) atoms. The minimum absolute atomic E-state index is 0.176. The van der Waals surface area contributed by atoms with E-state index in [-0.39, 0.29) is 11.8 Å². The van der Waals surface area contributed by atoms with Gasteiger partial charge in [0, 0.05) is 32.3 Å². The molecule has 1 aliphatic heterocycles. The monoisotopic (exact) mass is 275 g/mol. The van der Waals surface area contributed by atoms with Gasteiger partial charge in [0.2, 0.25) is 5.91 Å². The minimum Gasteiger partial charge on any atom is -0.386 e. The van der Waals surface area contributed by atoms with Crippen molar-refractivity contribution in [3.05, 3.63) is 24.4 Å². The fourth-order valence-corrected chi connectivity index (χ4v) is 2.88. The molecule has 2 heterocycles. The Bertz CT molecular complexity index is 489. The molecule has 0 radical (unpaired) electrons. The molecule has 1 amide bonds. The van der Waals surface area contributed by atoms with Crippen molar-refractivity contribution in [3.63, 3.8) is 0 Å². The van der Waals surface area contributed by atoms with Crippen molar-refractivity contribution in [2.75, 3.05) is 31.6 Å². The molecule has 3 rings (SSSR count). The summed E-state index contributed by atoms with van der Waals surface area (Å²) in [6.07, 6.45) is 4.44. The fraction of sp³-hybridized carbons (Fsp3) is 0.600. The minimum atomic E-state index is -0.823. The Morgan fingerprint density at radius 1 is 1.55 bits per heavy atom. The predicted octanol–water partition coefficient (Wildman–Crippen LogP) is 0.891. The normalized spacial score (nSPS) is 25.8. The maximum atomic E-state index is 12.0. The van der Waals surface area contributed by atoms with Crippen LogP contribution in [-0.4, -0.2) is 53.2 Å². The number of aromatic nitrogens is 1. The number of carbonyl (C=O) groups is 1. The van der Waals surface area contributed by atoms with E-state index in [1.54, 1.807) is 18.1 Å². The number of likely N-dealkylation sites (N-methyl/N-ethyl adjacent to an activating group) is 1. The van der Waals surface area contributed by atoms with Crippen LogP contribution in [0.5, 0.6) is 0 Å². The van der Waals surface area contributed by atoms with E-state index in [4.69, 9.17) is 0 Å². The number of hydrogen-bond acceptors (Lipinski definition) is 4. The van der Waals surface area contributed by atoms with Crippen molar-refractivity contribution in [2.45, 2.75) is 24.9 Å². The van der Waals surface area contributed by atoms with Crippen LogP contribution < -0.4 is 4.90 Å². The molecule has 1 aliphatic carbocycles. The van der Waals surface area contributed by atoms with Crippen LogP contribution in [0.3, 0.4) is 0 Å². The summed E-state index contributed by atoms with van der Waals surface area (Å²) in [5.41, 5.74) is -0.823. The zero-order valence-corrected chi connectivity index (χ0v) is 11.8. The number of carbonyl (C=O) groups excluding carboxylic acids is 1. The molecular weight excluding hydrogens is 254 g/mol. The van der Waals surface area contributed by atoms with Gasteiger partial charge in [0.1, 0.15) is 11.4 Å². The number of hydrogen-bond donors (Lipinski definition) is 1. The van der Waals surface area contributed by atoms with E-state index in [1.807, 2.05) is 18.2 Å². The number of nitrogens with zero attached hydrogens (tertiary/aromatic N) is 3. The standard InChI is InChI=1S/C15H21N3O2/c1-17(14(19)12-5-6-12)10-15(20)7-9-18(11-15)13-4-2-3-8-16-13/h2-4,8,12,20H,5-7,9-11H2,1H3/t15-/m1/s1. The van der Waals surface area contributed by atoms with Crippen LogP contribution in [0.2, 0.25) is 0 Å². The highest BCUT2D eigenvalue weighted by molar-refractivity contribution is 5.80. The first kappa shape index (κ1) is 13.4. The molecule has 1 aromatic heterocycles. The van der Waals surface area contributed by atoms with Gasteiger partial charge in [0.15, 0.2) is 0 Å². The lowest BCUT2D eigenvalue weighted by Gasteiger charge is -2.29. The van der Waals surface area contributed by atoms with E-state index in [0.717, 1.165) is 25.2 Å². The Morgan fingerprint density at radius 3 is 3.00 bits per heavy atom. The van der Waals surface area contributed by atoms with Crippen LogP contribution in [0.25, 0.3) is 0 Å². The van der Waals surface area contributed by atoms with Gasteiger partial charge in [-0.3, -0.25) is 4.79 Å². The number of rotatable bonds is 4. The highest BCUT2D eigenvalue weighted by atomic mass is 16.3. The van der Waals surface area contributed by atoms with Gasteiger partial charge < -0.3 is 14.9 Å². The van der Waals surface area contributed by atoms with Crippen molar-refractivity contribution in [2.24, 2.45) is 5.92 Å². The molecular formula is C15H21N3O2. The maximum Gasteiger partial charge on any atom is 0.225 e. The highest BCUT2D eigenvalue weighted by Crippen LogP contribution is 2.32. The summed E-state index contributed by atoms with van der Waals surface area (Å²) in [7, 11) is 1.79. The number of pyridine rings is 1. The summed E-state index contributed by atoms with van der Waals surface area (Å²) < 4.78 is 0. The van der Waals surface area contributed by atoms with Crippen LogP contribution in [0.1, 0.15) is 19.3 Å². The molecule has 1 saturated carbocycles. The van der Waals surface area contributed by atoms with Gasteiger partial charge in [0.05, 0.1) is 6.54 Å². The van der Waals surface area contributed by atoms with Crippen LogP contribution in [0.4, 0.5) is 5.82 Å². The summed E-state index contributed by atoms with van der Waals surface area (Å²) in [4.78, 5) is 20.1. The fourth-order valence-electron chi connectivity index (χ4n) is 2.88. The molecule has 0 aromatic carbocycles. The van der Waals surface area contributed by atoms with Crippen molar-refractivity contribution in [1.29, 1.82) is 0 Å². The number of amides is 1. The molecule has 1 aromatic rings. The molecule has 5 nitrogen and oxygen atoms in total. The predicted molar refractivity (Wildman–Crippen MR) is 76.4 cm³/mol. The van der Waals surface area contributed by atoms with E-state index in [1.165, 1.54) is 0 Å². The molecule has 5 heteroatoms. The van der Waals surface area contributed by atoms with Crippen LogP contribution in [0, 0.1) is 5.92 Å². The van der Waals surface area contributed by atoms with Gasteiger partial charge in [-0.25, -0.2) is 4.98 Å². The van der Waals surface area contributed by atoms with Crippen molar-refractivity contribution < 1.29 is 9.90 Å². The number of aliphatic hydroxyl groups is 1. The summed E-state index contributed by atoms with van der Waals surface area (Å²) in [6, 6.07) is 5.78. The van der Waals surface area contributed by atoms with Crippen molar-refractivity contribution in [3.8, 4) is 0 Å². The van der Waals surface area contributed by atoms with Gasteiger partial charge in [-0.15, -0.1) is 0 Å². The largest absolute Gasteiger partial charge is 0.386 e. The molecule has 1 atom stereocenters. The average molecular weight is 275 g/mol. The van der Waals surface area contributed by atoms with E-state index in [2.05, 4.69) is 9.88 Å². The molecule has 1 N–H and O–H groups in total. The van der Waals surface area contributed by atoms with Crippen LogP contribution >= 0.6 is 0 Å². The van der Waals surface area contributed by atoms with Gasteiger partial charge in [-0.1, -0.05) is 6.07 Å². The lowest BCUT2D eigenvalue weighted by Crippen LogP contribution is -2.46. The summed E-state index contributed by atoms with van der Waals surface area (Å²) in [5, 5.41) is 10.7. The van der Waals surface area contributed by atoms with Gasteiger partial charge in [-0.2, -0.15) is 0 Å². The van der Waals surface area contributed by atoms with Gasteiger partial charge in [0.25, 0.3) is 0 Å². The Labute approximate surface area is 119 Å². The lowest BCUT2D eigenvalue weighted by molar-refractivity contribution is -0.134. The Kier molecular flexibility index (Phi) is 3.38. The topological polar surface area (TPSA) is 56.7 Å². The molecule has 0 unspecified atom stereocenters. The quantitative estimate of drug-likeness (QED) is 0.886. The first-order valence-electron chi connectivity index (χ1n) is 7.21. The smallest absolute Gasteiger partial charge is 0.225 e. The first-order chi connectivity index (χ1) is 9.57. The first-order valence-corrected chi connectivity index (χ1v) is 7.21. The second-order valence-electron chi connectivity index (χ2n) is 6.05. The van der Waals surface area contributed by atoms with Crippen molar-refractivity contribution in [1.82, 2.24) is 9.88 Å². The Hall–Kier alpha value is -1.62. The average Bonchev–Trinajstić information content (AvgIpc) is 3.22. The third kappa shape index (κ3) is 2.77. The molecule has 1 saturated heterocycles. The molecule has 2 fully saturated rings. The zero-order valence-electron chi connectivity index (χ0n) is 11.8. The van der Waals surface area contributed by atoms with E-state index in [0.29, 0.717) is 19.5 Å². The SMILES string of the molecule is CN(C[C@]1(O)CCN(c2ccccn2)C1)C(=O)C1CC1. The Balaban J connectivity index is 1.61. The molecule has 0 bridgehead atoms. The van der Waals surface area contributed by atoms with Crippen LogP contribution in [0.15, 0.2) is 24.4 Å². The molecule has 0 spiro atoms. The third-order valence-electron chi connectivity index (χ3n) is 4.14. The second-order valence-corrected chi connectivity index (χ2v) is 6.05. The highest BCUT2D eigenvalue weighted by Gasteiger charge is 2.40. The number of anilines is 1. The third-order valence-corrected chi connectivity index (χ3v) is 4.14. The molecule has 2 aliphatic rings. The summed E-state index contributed by atoms with van der Waals surface area (Å²) in [5.74, 6) is 1.27. The van der Waals surface area contributed by atoms with Gasteiger partial charge >= 0.3 is 0 Å². The summed E-state index contributed by atoms with van der Waals surface area (Å²) in [6.45, 7) is 1.72.